The van der Waals surface area contributed by atoms with Crippen molar-refractivity contribution in [1.82, 2.24) is 9.55 Å². The molecule has 9 rings (SSSR count). The van der Waals surface area contributed by atoms with Gasteiger partial charge < -0.3 is 14.0 Å². The number of H-pyrrole nitrogens is 1. The van der Waals surface area contributed by atoms with Gasteiger partial charge in [-0.05, 0) is 42.0 Å². The standard InChI is InChI=1S/C36H22N2O/c1-2-10-22(11-3-1)28-20-23(21-29-25-13-6-9-17-33(25)39-36(28)29)38-32-16-8-5-12-24(32)26-18-19-31-34(35(26)38)27-14-4-7-15-30(27)37-31/h1-21,37H. The molecule has 0 aliphatic heterocycles. The number of fused-ring (bicyclic) bond motifs is 10. The van der Waals surface area contributed by atoms with E-state index in [1.165, 1.54) is 32.6 Å². The molecule has 0 fully saturated rings. The highest BCUT2D eigenvalue weighted by Gasteiger charge is 2.20. The maximum absolute atomic E-state index is 6.49. The smallest absolute Gasteiger partial charge is 0.143 e. The van der Waals surface area contributed by atoms with E-state index in [1.807, 2.05) is 6.07 Å². The fourth-order valence-corrected chi connectivity index (χ4v) is 6.43. The fraction of sp³-hybridized carbons (Fsp3) is 0. The Balaban J connectivity index is 1.51. The molecule has 39 heavy (non-hydrogen) atoms. The molecule has 9 aromatic rings. The molecule has 3 nitrogen and oxygen atoms in total. The van der Waals surface area contributed by atoms with Gasteiger partial charge in [0.15, 0.2) is 0 Å². The summed E-state index contributed by atoms with van der Waals surface area (Å²) in [6, 6.07) is 45.3. The number of aromatic nitrogens is 2. The molecule has 0 radical (unpaired) electrons. The predicted molar refractivity (Wildman–Crippen MR) is 163 cm³/mol. The van der Waals surface area contributed by atoms with Crippen LogP contribution in [-0.2, 0) is 0 Å². The lowest BCUT2D eigenvalue weighted by atomic mass is 10.0. The number of rotatable bonds is 2. The van der Waals surface area contributed by atoms with Crippen LogP contribution in [0.25, 0.3) is 82.4 Å². The molecule has 3 aromatic heterocycles. The van der Waals surface area contributed by atoms with E-state index in [2.05, 4.69) is 131 Å². The molecule has 182 valence electrons. The molecule has 0 bridgehead atoms. The number of para-hydroxylation sites is 3. The van der Waals surface area contributed by atoms with Gasteiger partial charge in [-0.15, -0.1) is 0 Å². The molecular formula is C36H22N2O. The van der Waals surface area contributed by atoms with E-state index in [4.69, 9.17) is 4.42 Å². The van der Waals surface area contributed by atoms with Gasteiger partial charge in [0.05, 0.1) is 11.0 Å². The van der Waals surface area contributed by atoms with Gasteiger partial charge in [0.25, 0.3) is 0 Å². The molecule has 3 heteroatoms. The average molecular weight is 499 g/mol. The van der Waals surface area contributed by atoms with E-state index in [9.17, 15) is 0 Å². The van der Waals surface area contributed by atoms with Crippen LogP contribution in [-0.4, -0.2) is 9.55 Å². The third kappa shape index (κ3) is 2.82. The second-order valence-electron chi connectivity index (χ2n) is 10.2. The summed E-state index contributed by atoms with van der Waals surface area (Å²) in [6.45, 7) is 0. The van der Waals surface area contributed by atoms with Crippen molar-refractivity contribution < 1.29 is 4.42 Å². The van der Waals surface area contributed by atoms with Gasteiger partial charge in [-0.3, -0.25) is 0 Å². The first-order valence-electron chi connectivity index (χ1n) is 13.3. The normalized spacial score (nSPS) is 12.1. The van der Waals surface area contributed by atoms with Crippen LogP contribution in [0.4, 0.5) is 0 Å². The Hall–Kier alpha value is -5.28. The lowest BCUT2D eigenvalue weighted by Gasteiger charge is -2.12. The molecule has 0 aliphatic carbocycles. The van der Waals surface area contributed by atoms with Crippen molar-refractivity contribution in [3.05, 3.63) is 127 Å². The highest BCUT2D eigenvalue weighted by atomic mass is 16.3. The zero-order valence-electron chi connectivity index (χ0n) is 21.0. The van der Waals surface area contributed by atoms with Crippen molar-refractivity contribution in [2.75, 3.05) is 0 Å². The van der Waals surface area contributed by atoms with Crippen molar-refractivity contribution in [2.24, 2.45) is 0 Å². The number of nitrogens with one attached hydrogen (secondary N) is 1. The first kappa shape index (κ1) is 20.7. The van der Waals surface area contributed by atoms with E-state index in [0.717, 1.165) is 49.8 Å². The average Bonchev–Trinajstić information content (AvgIpc) is 3.66. The number of nitrogens with zero attached hydrogens (tertiary/aromatic N) is 1. The maximum atomic E-state index is 6.49. The Kier molecular flexibility index (Phi) is 4.05. The number of hydrogen-bond donors (Lipinski definition) is 1. The summed E-state index contributed by atoms with van der Waals surface area (Å²) in [5.41, 5.74) is 9.89. The molecule has 0 amide bonds. The van der Waals surface area contributed by atoms with Crippen LogP contribution >= 0.6 is 0 Å². The second-order valence-corrected chi connectivity index (χ2v) is 10.2. The van der Waals surface area contributed by atoms with E-state index in [1.54, 1.807) is 0 Å². The Morgan fingerprint density at radius 1 is 0.538 bits per heavy atom. The largest absolute Gasteiger partial charge is 0.455 e. The monoisotopic (exact) mass is 498 g/mol. The van der Waals surface area contributed by atoms with Crippen LogP contribution in [0, 0.1) is 0 Å². The Morgan fingerprint density at radius 2 is 1.28 bits per heavy atom. The van der Waals surface area contributed by atoms with Crippen molar-refractivity contribution >= 4 is 65.6 Å². The molecule has 0 spiro atoms. The van der Waals surface area contributed by atoms with Gasteiger partial charge in [0, 0.05) is 54.6 Å². The van der Waals surface area contributed by atoms with Crippen molar-refractivity contribution in [1.29, 1.82) is 0 Å². The number of benzene rings is 6. The van der Waals surface area contributed by atoms with Gasteiger partial charge >= 0.3 is 0 Å². The highest BCUT2D eigenvalue weighted by Crippen LogP contribution is 2.43. The minimum atomic E-state index is 0.906. The molecule has 0 atom stereocenters. The molecule has 1 N–H and O–H groups in total. The van der Waals surface area contributed by atoms with Gasteiger partial charge in [-0.25, -0.2) is 0 Å². The lowest BCUT2D eigenvalue weighted by molar-refractivity contribution is 0.670. The van der Waals surface area contributed by atoms with Crippen molar-refractivity contribution in [2.45, 2.75) is 0 Å². The third-order valence-electron chi connectivity index (χ3n) is 8.11. The molecule has 6 aromatic carbocycles. The zero-order valence-corrected chi connectivity index (χ0v) is 21.0. The molecule has 0 aliphatic rings. The first-order valence-corrected chi connectivity index (χ1v) is 13.3. The number of aromatic amines is 1. The van der Waals surface area contributed by atoms with Crippen LogP contribution in [0.15, 0.2) is 132 Å². The summed E-state index contributed by atoms with van der Waals surface area (Å²) in [5.74, 6) is 0. The van der Waals surface area contributed by atoms with Crippen molar-refractivity contribution in [3.63, 3.8) is 0 Å². The van der Waals surface area contributed by atoms with Crippen LogP contribution in [0.5, 0.6) is 0 Å². The molecular weight excluding hydrogens is 476 g/mol. The first-order chi connectivity index (χ1) is 19.3. The minimum absolute atomic E-state index is 0.906. The lowest BCUT2D eigenvalue weighted by Crippen LogP contribution is -1.95. The van der Waals surface area contributed by atoms with E-state index < -0.39 is 0 Å². The molecule has 0 saturated carbocycles. The number of furan rings is 1. The minimum Gasteiger partial charge on any atom is -0.455 e. The zero-order chi connectivity index (χ0) is 25.5. The SMILES string of the molecule is c1ccc(-c2cc(-n3c4ccccc4c4ccc5[nH]c6ccccc6c5c43)cc3c2oc2ccccc23)cc1. The summed E-state index contributed by atoms with van der Waals surface area (Å²) in [4.78, 5) is 3.65. The van der Waals surface area contributed by atoms with E-state index >= 15 is 0 Å². The Morgan fingerprint density at radius 3 is 2.18 bits per heavy atom. The summed E-state index contributed by atoms with van der Waals surface area (Å²) in [7, 11) is 0. The van der Waals surface area contributed by atoms with Crippen molar-refractivity contribution in [3.8, 4) is 16.8 Å². The Bertz CT molecular complexity index is 2390. The topological polar surface area (TPSA) is 33.9 Å². The van der Waals surface area contributed by atoms with Crippen LogP contribution in [0.1, 0.15) is 0 Å². The molecule has 0 saturated heterocycles. The fourth-order valence-electron chi connectivity index (χ4n) is 6.43. The maximum Gasteiger partial charge on any atom is 0.143 e. The number of hydrogen-bond acceptors (Lipinski definition) is 1. The van der Waals surface area contributed by atoms with Crippen LogP contribution < -0.4 is 0 Å². The summed E-state index contributed by atoms with van der Waals surface area (Å²) >= 11 is 0. The second kappa shape index (κ2) is 7.62. The van der Waals surface area contributed by atoms with E-state index in [0.29, 0.717) is 0 Å². The van der Waals surface area contributed by atoms with Gasteiger partial charge in [0.2, 0.25) is 0 Å². The molecule has 0 unspecified atom stereocenters. The summed E-state index contributed by atoms with van der Waals surface area (Å²) < 4.78 is 8.93. The van der Waals surface area contributed by atoms with Gasteiger partial charge in [0.1, 0.15) is 11.2 Å². The molecule has 3 heterocycles. The summed E-state index contributed by atoms with van der Waals surface area (Å²) in [6.07, 6.45) is 0. The van der Waals surface area contributed by atoms with Crippen LogP contribution in [0.2, 0.25) is 0 Å². The highest BCUT2D eigenvalue weighted by molar-refractivity contribution is 6.25. The third-order valence-corrected chi connectivity index (χ3v) is 8.11. The van der Waals surface area contributed by atoms with E-state index in [-0.39, 0.29) is 0 Å². The van der Waals surface area contributed by atoms with Crippen LogP contribution in [0.3, 0.4) is 0 Å². The Labute approximate surface area is 223 Å². The predicted octanol–water partition coefficient (Wildman–Crippen LogP) is 9.98. The summed E-state index contributed by atoms with van der Waals surface area (Å²) in [5, 5.41) is 7.24. The van der Waals surface area contributed by atoms with Gasteiger partial charge in [-0.1, -0.05) is 91.0 Å². The quantitative estimate of drug-likeness (QED) is 0.253. The van der Waals surface area contributed by atoms with Gasteiger partial charge in [-0.2, -0.15) is 0 Å².